The number of aromatic nitrogens is 2. The number of aromatic amines is 1. The van der Waals surface area contributed by atoms with Crippen molar-refractivity contribution in [3.8, 4) is 0 Å². The fourth-order valence-corrected chi connectivity index (χ4v) is 1.36. The molecule has 0 bridgehead atoms. The molecule has 5 nitrogen and oxygen atoms in total. The summed E-state index contributed by atoms with van der Waals surface area (Å²) in [6.45, 7) is 3.22. The predicted molar refractivity (Wildman–Crippen MR) is 47.5 cm³/mol. The Kier molecular flexibility index (Phi) is 2.47. The molecule has 0 atom stereocenters. The Labute approximate surface area is 76.3 Å². The summed E-state index contributed by atoms with van der Waals surface area (Å²) in [5.41, 5.74) is 0.751. The molecule has 5 heteroatoms. The third kappa shape index (κ3) is 1.81. The van der Waals surface area contributed by atoms with E-state index in [0.717, 1.165) is 37.9 Å². The molecule has 2 heterocycles. The highest BCUT2D eigenvalue weighted by Gasteiger charge is 2.13. The van der Waals surface area contributed by atoms with Crippen molar-refractivity contribution >= 4 is 5.95 Å². The van der Waals surface area contributed by atoms with Gasteiger partial charge in [0.2, 0.25) is 5.95 Å². The van der Waals surface area contributed by atoms with Crippen LogP contribution in [-0.2, 0) is 11.3 Å². The van der Waals surface area contributed by atoms with Crippen molar-refractivity contribution in [2.75, 3.05) is 31.2 Å². The van der Waals surface area contributed by atoms with Crippen molar-refractivity contribution in [3.63, 3.8) is 0 Å². The molecule has 0 aromatic carbocycles. The van der Waals surface area contributed by atoms with Gasteiger partial charge in [-0.25, -0.2) is 4.98 Å². The van der Waals surface area contributed by atoms with E-state index in [2.05, 4.69) is 14.9 Å². The lowest BCUT2D eigenvalue weighted by Crippen LogP contribution is -2.36. The van der Waals surface area contributed by atoms with Gasteiger partial charge in [-0.1, -0.05) is 0 Å². The lowest BCUT2D eigenvalue weighted by molar-refractivity contribution is 0.122. The molecule has 0 saturated carbocycles. The molecule has 0 aliphatic carbocycles. The van der Waals surface area contributed by atoms with Crippen molar-refractivity contribution in [2.45, 2.75) is 6.61 Å². The number of imidazole rings is 1. The highest BCUT2D eigenvalue weighted by Crippen LogP contribution is 2.10. The Morgan fingerprint density at radius 3 is 2.92 bits per heavy atom. The number of rotatable bonds is 2. The lowest BCUT2D eigenvalue weighted by Gasteiger charge is -2.26. The van der Waals surface area contributed by atoms with E-state index in [9.17, 15) is 0 Å². The predicted octanol–water partition coefficient (Wildman–Crippen LogP) is -0.261. The van der Waals surface area contributed by atoms with Crippen LogP contribution in [-0.4, -0.2) is 41.4 Å². The van der Waals surface area contributed by atoms with Gasteiger partial charge in [0.1, 0.15) is 0 Å². The lowest BCUT2D eigenvalue weighted by atomic mass is 10.4. The maximum Gasteiger partial charge on any atom is 0.203 e. The molecule has 2 N–H and O–H groups in total. The molecular formula is C8H13N3O2. The smallest absolute Gasteiger partial charge is 0.203 e. The zero-order chi connectivity index (χ0) is 9.10. The number of ether oxygens (including phenoxy) is 1. The van der Waals surface area contributed by atoms with Crippen LogP contribution >= 0.6 is 0 Å². The minimum Gasteiger partial charge on any atom is -0.390 e. The van der Waals surface area contributed by atoms with Crippen LogP contribution in [0.3, 0.4) is 0 Å². The van der Waals surface area contributed by atoms with Crippen molar-refractivity contribution < 1.29 is 9.84 Å². The zero-order valence-corrected chi connectivity index (χ0v) is 7.36. The van der Waals surface area contributed by atoms with Gasteiger partial charge >= 0.3 is 0 Å². The number of nitrogens with zero attached hydrogens (tertiary/aromatic N) is 2. The number of morpholine rings is 1. The summed E-state index contributed by atoms with van der Waals surface area (Å²) >= 11 is 0. The summed E-state index contributed by atoms with van der Waals surface area (Å²) in [4.78, 5) is 9.32. The van der Waals surface area contributed by atoms with Gasteiger partial charge in [0.25, 0.3) is 0 Å². The zero-order valence-electron chi connectivity index (χ0n) is 7.36. The van der Waals surface area contributed by atoms with Crippen LogP contribution in [0.5, 0.6) is 0 Å². The first-order valence-electron chi connectivity index (χ1n) is 4.37. The number of hydrogen-bond acceptors (Lipinski definition) is 4. The molecule has 72 valence electrons. The highest BCUT2D eigenvalue weighted by atomic mass is 16.5. The normalized spacial score (nSPS) is 17.8. The standard InChI is InChI=1S/C8H13N3O2/c12-6-7-5-9-8(10-7)11-1-3-13-4-2-11/h5,12H,1-4,6H2,(H,9,10). The van der Waals surface area contributed by atoms with E-state index in [1.54, 1.807) is 6.20 Å². The SMILES string of the molecule is OCc1cnc(N2CCOCC2)[nH]1. The topological polar surface area (TPSA) is 61.4 Å². The second-order valence-corrected chi connectivity index (χ2v) is 2.99. The molecule has 0 radical (unpaired) electrons. The first-order chi connectivity index (χ1) is 6.40. The molecule has 0 spiro atoms. The molecule has 1 aliphatic rings. The summed E-state index contributed by atoms with van der Waals surface area (Å²) in [5, 5.41) is 8.83. The number of aliphatic hydroxyl groups excluding tert-OH is 1. The van der Waals surface area contributed by atoms with E-state index in [1.807, 2.05) is 0 Å². The average molecular weight is 183 g/mol. The van der Waals surface area contributed by atoms with Gasteiger partial charge in [0, 0.05) is 13.1 Å². The Hall–Kier alpha value is -1.07. The van der Waals surface area contributed by atoms with Crippen molar-refractivity contribution in [1.29, 1.82) is 0 Å². The summed E-state index contributed by atoms with van der Waals surface area (Å²) in [7, 11) is 0. The van der Waals surface area contributed by atoms with Gasteiger partial charge in [0.05, 0.1) is 31.7 Å². The first-order valence-corrected chi connectivity index (χ1v) is 4.37. The monoisotopic (exact) mass is 183 g/mol. The van der Waals surface area contributed by atoms with Gasteiger partial charge in [-0.3, -0.25) is 0 Å². The first kappa shape index (κ1) is 8.52. The number of aliphatic hydroxyl groups is 1. The molecule has 0 unspecified atom stereocenters. The third-order valence-corrected chi connectivity index (χ3v) is 2.10. The van der Waals surface area contributed by atoms with Crippen molar-refractivity contribution in [3.05, 3.63) is 11.9 Å². The van der Waals surface area contributed by atoms with Crippen molar-refractivity contribution in [2.24, 2.45) is 0 Å². The Morgan fingerprint density at radius 1 is 1.54 bits per heavy atom. The highest BCUT2D eigenvalue weighted by molar-refractivity contribution is 5.31. The van der Waals surface area contributed by atoms with E-state index in [1.165, 1.54) is 0 Å². The van der Waals surface area contributed by atoms with E-state index < -0.39 is 0 Å². The molecule has 1 aromatic heterocycles. The second-order valence-electron chi connectivity index (χ2n) is 2.99. The van der Waals surface area contributed by atoms with E-state index in [0.29, 0.717) is 0 Å². The second kappa shape index (κ2) is 3.76. The van der Waals surface area contributed by atoms with Gasteiger partial charge in [-0.2, -0.15) is 0 Å². The molecule has 0 amide bonds. The quantitative estimate of drug-likeness (QED) is 0.663. The molecular weight excluding hydrogens is 170 g/mol. The van der Waals surface area contributed by atoms with Gasteiger partial charge < -0.3 is 19.7 Å². The van der Waals surface area contributed by atoms with Crippen LogP contribution in [0, 0.1) is 0 Å². The summed E-state index contributed by atoms with van der Waals surface area (Å²) in [6.07, 6.45) is 1.66. The third-order valence-electron chi connectivity index (χ3n) is 2.10. The van der Waals surface area contributed by atoms with Crippen LogP contribution in [0.2, 0.25) is 0 Å². The molecule has 13 heavy (non-hydrogen) atoms. The number of H-pyrrole nitrogens is 1. The van der Waals surface area contributed by atoms with Gasteiger partial charge in [0.15, 0.2) is 0 Å². The van der Waals surface area contributed by atoms with E-state index >= 15 is 0 Å². The van der Waals surface area contributed by atoms with Crippen LogP contribution in [0.4, 0.5) is 5.95 Å². The Morgan fingerprint density at radius 2 is 2.31 bits per heavy atom. The average Bonchev–Trinajstić information content (AvgIpc) is 2.67. The summed E-state index contributed by atoms with van der Waals surface area (Å²) < 4.78 is 5.22. The van der Waals surface area contributed by atoms with Crippen LogP contribution in [0.1, 0.15) is 5.69 Å². The van der Waals surface area contributed by atoms with Crippen LogP contribution in [0.25, 0.3) is 0 Å². The molecule has 1 fully saturated rings. The molecule has 1 saturated heterocycles. The van der Waals surface area contributed by atoms with E-state index in [-0.39, 0.29) is 6.61 Å². The maximum atomic E-state index is 8.83. The van der Waals surface area contributed by atoms with Gasteiger partial charge in [-0.05, 0) is 0 Å². The minimum absolute atomic E-state index is 0.0112. The molecule has 2 rings (SSSR count). The van der Waals surface area contributed by atoms with Crippen LogP contribution < -0.4 is 4.90 Å². The molecule has 1 aliphatic heterocycles. The largest absolute Gasteiger partial charge is 0.390 e. The van der Waals surface area contributed by atoms with Gasteiger partial charge in [-0.15, -0.1) is 0 Å². The van der Waals surface area contributed by atoms with E-state index in [4.69, 9.17) is 9.84 Å². The number of anilines is 1. The van der Waals surface area contributed by atoms with Crippen molar-refractivity contribution in [1.82, 2.24) is 9.97 Å². The molecule has 1 aromatic rings. The van der Waals surface area contributed by atoms with Crippen LogP contribution in [0.15, 0.2) is 6.20 Å². The Bertz CT molecular complexity index is 268. The summed E-state index contributed by atoms with van der Waals surface area (Å²) in [5.74, 6) is 0.826. The minimum atomic E-state index is 0.0112. The fourth-order valence-electron chi connectivity index (χ4n) is 1.36. The number of hydrogen-bond donors (Lipinski definition) is 2. The maximum absolute atomic E-state index is 8.83. The summed E-state index contributed by atoms with van der Waals surface area (Å²) in [6, 6.07) is 0. The Balaban J connectivity index is 2.05. The number of nitrogens with one attached hydrogen (secondary N) is 1. The fraction of sp³-hybridized carbons (Fsp3) is 0.625.